The number of benzene rings is 1. The van der Waals surface area contributed by atoms with Gasteiger partial charge in [-0.3, -0.25) is 4.79 Å². The van der Waals surface area contributed by atoms with E-state index in [2.05, 4.69) is 0 Å². The largest absolute Gasteiger partial charge is 0.398 e. The predicted molar refractivity (Wildman–Crippen MR) is 75.5 cm³/mol. The molecule has 1 unspecified atom stereocenters. The van der Waals surface area contributed by atoms with E-state index in [0.717, 1.165) is 37.1 Å². The first-order chi connectivity index (χ1) is 9.16. The van der Waals surface area contributed by atoms with E-state index in [1.807, 2.05) is 31.3 Å². The Morgan fingerprint density at radius 3 is 2.95 bits per heavy atom. The van der Waals surface area contributed by atoms with Gasteiger partial charge in [0, 0.05) is 32.3 Å². The van der Waals surface area contributed by atoms with Crippen molar-refractivity contribution in [2.24, 2.45) is 0 Å². The molecule has 0 radical (unpaired) electrons. The molecule has 1 saturated heterocycles. The van der Waals surface area contributed by atoms with Crippen LogP contribution in [0.2, 0.25) is 0 Å². The molecular weight excluding hydrogens is 240 g/mol. The van der Waals surface area contributed by atoms with Crippen molar-refractivity contribution in [3.05, 3.63) is 29.8 Å². The minimum atomic E-state index is 0.152. The Hall–Kier alpha value is -1.55. The molecule has 2 rings (SSSR count). The van der Waals surface area contributed by atoms with Crippen LogP contribution < -0.4 is 5.73 Å². The summed E-state index contributed by atoms with van der Waals surface area (Å²) in [4.78, 5) is 13.8. The summed E-state index contributed by atoms with van der Waals surface area (Å²) in [7, 11) is 1.82. The lowest BCUT2D eigenvalue weighted by Gasteiger charge is -2.19. The first-order valence-corrected chi connectivity index (χ1v) is 6.86. The minimum Gasteiger partial charge on any atom is -0.398 e. The SMILES string of the molecule is CN(Cc1ccccc1N)C(=O)CCC1CCCO1. The first-order valence-electron chi connectivity index (χ1n) is 6.86. The Morgan fingerprint density at radius 2 is 2.26 bits per heavy atom. The lowest BCUT2D eigenvalue weighted by atomic mass is 10.1. The molecule has 1 aromatic carbocycles. The van der Waals surface area contributed by atoms with Crippen LogP contribution in [0.5, 0.6) is 0 Å². The van der Waals surface area contributed by atoms with Crippen LogP contribution in [0.4, 0.5) is 5.69 Å². The summed E-state index contributed by atoms with van der Waals surface area (Å²) in [6, 6.07) is 7.66. The van der Waals surface area contributed by atoms with Gasteiger partial charge < -0.3 is 15.4 Å². The topological polar surface area (TPSA) is 55.6 Å². The molecular formula is C15H22N2O2. The number of amides is 1. The van der Waals surface area contributed by atoms with E-state index in [0.29, 0.717) is 13.0 Å². The van der Waals surface area contributed by atoms with Gasteiger partial charge in [-0.05, 0) is 30.9 Å². The molecule has 4 nitrogen and oxygen atoms in total. The van der Waals surface area contributed by atoms with Crippen molar-refractivity contribution in [2.75, 3.05) is 19.4 Å². The fourth-order valence-corrected chi connectivity index (χ4v) is 2.37. The maximum atomic E-state index is 12.0. The highest BCUT2D eigenvalue weighted by Gasteiger charge is 2.18. The summed E-state index contributed by atoms with van der Waals surface area (Å²) < 4.78 is 5.53. The Balaban J connectivity index is 1.80. The highest BCUT2D eigenvalue weighted by Crippen LogP contribution is 2.18. The highest BCUT2D eigenvalue weighted by molar-refractivity contribution is 5.76. The first kappa shape index (κ1) is 13.9. The van der Waals surface area contributed by atoms with Gasteiger partial charge in [-0.1, -0.05) is 18.2 Å². The molecule has 1 aliphatic rings. The zero-order chi connectivity index (χ0) is 13.7. The van der Waals surface area contributed by atoms with Crippen LogP contribution in [0.1, 0.15) is 31.2 Å². The van der Waals surface area contributed by atoms with Gasteiger partial charge in [0.05, 0.1) is 6.10 Å². The van der Waals surface area contributed by atoms with Gasteiger partial charge in [0.15, 0.2) is 0 Å². The summed E-state index contributed by atoms with van der Waals surface area (Å²) >= 11 is 0. The van der Waals surface area contributed by atoms with Crippen LogP contribution in [-0.4, -0.2) is 30.6 Å². The zero-order valence-corrected chi connectivity index (χ0v) is 11.5. The molecule has 1 aliphatic heterocycles. The maximum absolute atomic E-state index is 12.0. The molecule has 19 heavy (non-hydrogen) atoms. The van der Waals surface area contributed by atoms with Gasteiger partial charge in [0.1, 0.15) is 0 Å². The number of nitrogens with two attached hydrogens (primary N) is 1. The monoisotopic (exact) mass is 262 g/mol. The van der Waals surface area contributed by atoms with Crippen LogP contribution in [0.25, 0.3) is 0 Å². The second-order valence-corrected chi connectivity index (χ2v) is 5.12. The number of carbonyl (C=O) groups is 1. The molecule has 1 amide bonds. The number of ether oxygens (including phenoxy) is 1. The molecule has 104 valence electrons. The minimum absolute atomic E-state index is 0.152. The van der Waals surface area contributed by atoms with E-state index in [-0.39, 0.29) is 12.0 Å². The number of nitrogen functional groups attached to an aromatic ring is 1. The molecule has 2 N–H and O–H groups in total. The highest BCUT2D eigenvalue weighted by atomic mass is 16.5. The molecule has 1 atom stereocenters. The fourth-order valence-electron chi connectivity index (χ4n) is 2.37. The predicted octanol–water partition coefficient (Wildman–Crippen LogP) is 2.19. The Labute approximate surface area is 114 Å². The number of hydrogen-bond acceptors (Lipinski definition) is 3. The van der Waals surface area contributed by atoms with Crippen molar-refractivity contribution in [1.29, 1.82) is 0 Å². The number of rotatable bonds is 5. The van der Waals surface area contributed by atoms with Gasteiger partial charge in [0.2, 0.25) is 5.91 Å². The van der Waals surface area contributed by atoms with Gasteiger partial charge in [0.25, 0.3) is 0 Å². The number of nitrogens with zero attached hydrogens (tertiary/aromatic N) is 1. The van der Waals surface area contributed by atoms with E-state index in [9.17, 15) is 4.79 Å². The zero-order valence-electron chi connectivity index (χ0n) is 11.5. The van der Waals surface area contributed by atoms with Crippen molar-refractivity contribution < 1.29 is 9.53 Å². The standard InChI is InChI=1S/C15H22N2O2/c1-17(11-12-5-2-3-7-14(12)16)15(18)9-8-13-6-4-10-19-13/h2-3,5,7,13H,4,6,8-11,16H2,1H3. The van der Waals surface area contributed by atoms with Crippen LogP contribution in [-0.2, 0) is 16.1 Å². The normalized spacial score (nSPS) is 18.5. The van der Waals surface area contributed by atoms with Crippen molar-refractivity contribution in [1.82, 2.24) is 4.90 Å². The van der Waals surface area contributed by atoms with E-state index in [4.69, 9.17) is 10.5 Å². The van der Waals surface area contributed by atoms with E-state index < -0.39 is 0 Å². The van der Waals surface area contributed by atoms with Crippen molar-refractivity contribution in [3.8, 4) is 0 Å². The van der Waals surface area contributed by atoms with Crippen molar-refractivity contribution in [3.63, 3.8) is 0 Å². The molecule has 0 aliphatic carbocycles. The molecule has 1 fully saturated rings. The maximum Gasteiger partial charge on any atom is 0.222 e. The lowest BCUT2D eigenvalue weighted by molar-refractivity contribution is -0.131. The number of hydrogen-bond donors (Lipinski definition) is 1. The molecule has 0 aromatic heterocycles. The summed E-state index contributed by atoms with van der Waals surface area (Å²) in [5, 5.41) is 0. The van der Waals surface area contributed by atoms with Gasteiger partial charge in [-0.2, -0.15) is 0 Å². The average Bonchev–Trinajstić information content (AvgIpc) is 2.91. The summed E-state index contributed by atoms with van der Waals surface area (Å²) in [5.74, 6) is 0.152. The molecule has 1 aromatic rings. The average molecular weight is 262 g/mol. The smallest absolute Gasteiger partial charge is 0.222 e. The Morgan fingerprint density at radius 1 is 1.47 bits per heavy atom. The summed E-state index contributed by atoms with van der Waals surface area (Å²) in [6.07, 6.45) is 3.86. The molecule has 4 heteroatoms. The third-order valence-corrected chi connectivity index (χ3v) is 3.59. The Bertz CT molecular complexity index is 428. The summed E-state index contributed by atoms with van der Waals surface area (Å²) in [6.45, 7) is 1.41. The van der Waals surface area contributed by atoms with Crippen molar-refractivity contribution in [2.45, 2.75) is 38.3 Å². The molecule has 0 bridgehead atoms. The lowest BCUT2D eigenvalue weighted by Crippen LogP contribution is -2.27. The molecule has 1 heterocycles. The van der Waals surface area contributed by atoms with E-state index >= 15 is 0 Å². The van der Waals surface area contributed by atoms with Gasteiger partial charge >= 0.3 is 0 Å². The quantitative estimate of drug-likeness (QED) is 0.828. The summed E-state index contributed by atoms with van der Waals surface area (Å²) in [5.41, 5.74) is 7.62. The molecule has 0 saturated carbocycles. The second kappa shape index (κ2) is 6.57. The number of carbonyl (C=O) groups excluding carboxylic acids is 1. The number of anilines is 1. The van der Waals surface area contributed by atoms with Gasteiger partial charge in [-0.15, -0.1) is 0 Å². The fraction of sp³-hybridized carbons (Fsp3) is 0.533. The van der Waals surface area contributed by atoms with Gasteiger partial charge in [-0.25, -0.2) is 0 Å². The van der Waals surface area contributed by atoms with E-state index in [1.165, 1.54) is 0 Å². The van der Waals surface area contributed by atoms with Crippen molar-refractivity contribution >= 4 is 11.6 Å². The third kappa shape index (κ3) is 3.96. The number of para-hydroxylation sites is 1. The third-order valence-electron chi connectivity index (χ3n) is 3.59. The Kier molecular flexibility index (Phi) is 4.80. The van der Waals surface area contributed by atoms with E-state index in [1.54, 1.807) is 4.90 Å². The van der Waals surface area contributed by atoms with Crippen LogP contribution in [0.3, 0.4) is 0 Å². The van der Waals surface area contributed by atoms with Crippen LogP contribution in [0, 0.1) is 0 Å². The molecule has 0 spiro atoms. The van der Waals surface area contributed by atoms with Crippen LogP contribution >= 0.6 is 0 Å². The second-order valence-electron chi connectivity index (χ2n) is 5.12. The van der Waals surface area contributed by atoms with Crippen LogP contribution in [0.15, 0.2) is 24.3 Å².